The molecule has 1 N–H and O–H groups in total. The summed E-state index contributed by atoms with van der Waals surface area (Å²) in [5.41, 5.74) is 1.49. The monoisotopic (exact) mass is 376 g/mol. The van der Waals surface area contributed by atoms with Crippen LogP contribution in [0.25, 0.3) is 11.6 Å². The zero-order valence-corrected chi connectivity index (χ0v) is 14.5. The molecule has 23 heavy (non-hydrogen) atoms. The van der Waals surface area contributed by atoms with E-state index in [4.69, 9.17) is 9.47 Å². The highest BCUT2D eigenvalue weighted by molar-refractivity contribution is 9.10. The molecule has 0 unspecified atom stereocenters. The molecule has 2 rings (SSSR count). The Kier molecular flexibility index (Phi) is 5.82. The zero-order valence-electron chi connectivity index (χ0n) is 12.9. The Hall–Kier alpha value is -2.27. The van der Waals surface area contributed by atoms with E-state index in [1.54, 1.807) is 37.5 Å². The normalized spacial score (nSPS) is 11.2. The zero-order chi connectivity index (χ0) is 16.8. The highest BCUT2D eigenvalue weighted by Gasteiger charge is 2.13. The van der Waals surface area contributed by atoms with Crippen LogP contribution in [0.1, 0.15) is 18.1 Å². The van der Waals surface area contributed by atoms with Crippen LogP contribution < -0.4 is 9.47 Å². The maximum absolute atomic E-state index is 11.7. The van der Waals surface area contributed by atoms with E-state index < -0.39 is 5.97 Å². The van der Waals surface area contributed by atoms with Crippen molar-refractivity contribution in [2.24, 2.45) is 0 Å². The van der Waals surface area contributed by atoms with Crippen LogP contribution >= 0.6 is 15.9 Å². The van der Waals surface area contributed by atoms with E-state index in [0.29, 0.717) is 29.2 Å². The van der Waals surface area contributed by atoms with Crippen LogP contribution in [0.4, 0.5) is 0 Å². The molecule has 0 aliphatic heterocycles. The van der Waals surface area contributed by atoms with Gasteiger partial charge < -0.3 is 14.6 Å². The SMILES string of the molecule is CCOc1ccc(Br)cc1/C=C(\C(=O)O)c1ccc(OC)cc1. The summed E-state index contributed by atoms with van der Waals surface area (Å²) in [6.45, 7) is 2.39. The molecule has 0 saturated heterocycles. The topological polar surface area (TPSA) is 55.8 Å². The van der Waals surface area contributed by atoms with E-state index in [1.807, 2.05) is 25.1 Å². The number of benzene rings is 2. The lowest BCUT2D eigenvalue weighted by Crippen LogP contribution is -2.01. The van der Waals surface area contributed by atoms with E-state index in [0.717, 1.165) is 4.47 Å². The highest BCUT2D eigenvalue weighted by atomic mass is 79.9. The van der Waals surface area contributed by atoms with Gasteiger partial charge in [0.25, 0.3) is 0 Å². The molecule has 0 heterocycles. The van der Waals surface area contributed by atoms with Crippen LogP contribution in [-0.2, 0) is 4.79 Å². The van der Waals surface area contributed by atoms with Crippen molar-refractivity contribution < 1.29 is 19.4 Å². The fourth-order valence-electron chi connectivity index (χ4n) is 2.11. The minimum absolute atomic E-state index is 0.187. The molecule has 0 bridgehead atoms. The van der Waals surface area contributed by atoms with Crippen LogP contribution in [0.2, 0.25) is 0 Å². The van der Waals surface area contributed by atoms with Gasteiger partial charge in [-0.3, -0.25) is 0 Å². The van der Waals surface area contributed by atoms with Crippen molar-refractivity contribution in [2.75, 3.05) is 13.7 Å². The minimum Gasteiger partial charge on any atom is -0.497 e. The van der Waals surface area contributed by atoms with Crippen LogP contribution in [-0.4, -0.2) is 24.8 Å². The van der Waals surface area contributed by atoms with E-state index in [2.05, 4.69) is 15.9 Å². The molecule has 2 aromatic carbocycles. The van der Waals surface area contributed by atoms with Crippen molar-refractivity contribution in [3.63, 3.8) is 0 Å². The van der Waals surface area contributed by atoms with Crippen molar-refractivity contribution in [2.45, 2.75) is 6.92 Å². The first-order valence-corrected chi connectivity index (χ1v) is 7.86. The predicted octanol–water partition coefficient (Wildman–Crippen LogP) is 4.48. The molecule has 0 radical (unpaired) electrons. The Labute approximate surface area is 143 Å². The quantitative estimate of drug-likeness (QED) is 0.596. The molecule has 2 aromatic rings. The van der Waals surface area contributed by atoms with Gasteiger partial charge in [0, 0.05) is 10.0 Å². The van der Waals surface area contributed by atoms with Gasteiger partial charge in [0.2, 0.25) is 0 Å². The Morgan fingerprint density at radius 1 is 1.22 bits per heavy atom. The van der Waals surface area contributed by atoms with E-state index in [9.17, 15) is 9.90 Å². The maximum Gasteiger partial charge on any atom is 0.336 e. The van der Waals surface area contributed by atoms with Gasteiger partial charge in [-0.25, -0.2) is 4.79 Å². The molecule has 0 saturated carbocycles. The average Bonchev–Trinajstić information content (AvgIpc) is 2.55. The number of carboxylic acid groups (broad SMARTS) is 1. The molecule has 0 spiro atoms. The van der Waals surface area contributed by atoms with Crippen molar-refractivity contribution in [3.05, 3.63) is 58.1 Å². The number of hydrogen-bond acceptors (Lipinski definition) is 3. The van der Waals surface area contributed by atoms with E-state index in [-0.39, 0.29) is 5.57 Å². The van der Waals surface area contributed by atoms with Crippen molar-refractivity contribution >= 4 is 33.5 Å². The first kappa shape index (κ1) is 17.1. The molecule has 0 atom stereocenters. The predicted molar refractivity (Wildman–Crippen MR) is 93.8 cm³/mol. The third kappa shape index (κ3) is 4.36. The van der Waals surface area contributed by atoms with Gasteiger partial charge in [-0.05, 0) is 48.9 Å². The summed E-state index contributed by atoms with van der Waals surface area (Å²) in [5, 5.41) is 9.55. The van der Waals surface area contributed by atoms with Crippen LogP contribution in [0.3, 0.4) is 0 Å². The number of rotatable bonds is 6. The summed E-state index contributed by atoms with van der Waals surface area (Å²) in [4.78, 5) is 11.7. The lowest BCUT2D eigenvalue weighted by molar-refractivity contribution is -0.130. The number of aliphatic carboxylic acids is 1. The van der Waals surface area contributed by atoms with Crippen molar-refractivity contribution in [3.8, 4) is 11.5 Å². The van der Waals surface area contributed by atoms with Crippen LogP contribution in [0.5, 0.6) is 11.5 Å². The summed E-state index contributed by atoms with van der Waals surface area (Å²) >= 11 is 3.40. The van der Waals surface area contributed by atoms with Crippen LogP contribution in [0, 0.1) is 0 Å². The first-order valence-electron chi connectivity index (χ1n) is 7.07. The Morgan fingerprint density at radius 2 is 1.91 bits per heavy atom. The molecule has 0 aliphatic rings. The van der Waals surface area contributed by atoms with Gasteiger partial charge in [0.05, 0.1) is 19.3 Å². The standard InChI is InChI=1S/C18H17BrO4/c1-3-23-17-9-6-14(19)10-13(17)11-16(18(20)21)12-4-7-15(22-2)8-5-12/h4-11H,3H2,1-2H3,(H,20,21)/b16-11-. The summed E-state index contributed by atoms with van der Waals surface area (Å²) in [6, 6.07) is 12.4. The van der Waals surface area contributed by atoms with Gasteiger partial charge in [-0.2, -0.15) is 0 Å². The summed E-state index contributed by atoms with van der Waals surface area (Å²) in [6.07, 6.45) is 1.61. The van der Waals surface area contributed by atoms with Crippen molar-refractivity contribution in [1.82, 2.24) is 0 Å². The number of carboxylic acids is 1. The second-order valence-corrected chi connectivity index (χ2v) is 5.62. The van der Waals surface area contributed by atoms with Crippen LogP contribution in [0.15, 0.2) is 46.9 Å². The lowest BCUT2D eigenvalue weighted by atomic mass is 10.0. The number of carbonyl (C=O) groups is 1. The number of ether oxygens (including phenoxy) is 2. The van der Waals surface area contributed by atoms with E-state index >= 15 is 0 Å². The largest absolute Gasteiger partial charge is 0.497 e. The van der Waals surface area contributed by atoms with Gasteiger partial charge in [-0.15, -0.1) is 0 Å². The average molecular weight is 377 g/mol. The Balaban J connectivity index is 2.50. The summed E-state index contributed by atoms with van der Waals surface area (Å²) in [7, 11) is 1.57. The molecule has 120 valence electrons. The highest BCUT2D eigenvalue weighted by Crippen LogP contribution is 2.28. The summed E-state index contributed by atoms with van der Waals surface area (Å²) < 4.78 is 11.5. The fraction of sp³-hybridized carbons (Fsp3) is 0.167. The maximum atomic E-state index is 11.7. The number of halogens is 1. The third-order valence-electron chi connectivity index (χ3n) is 3.20. The molecule has 4 nitrogen and oxygen atoms in total. The Morgan fingerprint density at radius 3 is 2.48 bits per heavy atom. The summed E-state index contributed by atoms with van der Waals surface area (Å²) in [5.74, 6) is 0.316. The smallest absolute Gasteiger partial charge is 0.336 e. The minimum atomic E-state index is -1.00. The molecule has 0 fully saturated rings. The lowest BCUT2D eigenvalue weighted by Gasteiger charge is -2.10. The molecule has 0 aliphatic carbocycles. The molecular formula is C18H17BrO4. The number of hydrogen-bond donors (Lipinski definition) is 1. The first-order chi connectivity index (χ1) is 11.0. The molecule has 0 aromatic heterocycles. The second kappa shape index (κ2) is 7.83. The third-order valence-corrected chi connectivity index (χ3v) is 3.70. The second-order valence-electron chi connectivity index (χ2n) is 4.71. The van der Waals surface area contributed by atoms with Crippen molar-refractivity contribution in [1.29, 1.82) is 0 Å². The molecular weight excluding hydrogens is 360 g/mol. The van der Waals surface area contributed by atoms with Gasteiger partial charge in [0.15, 0.2) is 0 Å². The molecule has 0 amide bonds. The number of methoxy groups -OCH3 is 1. The van der Waals surface area contributed by atoms with Gasteiger partial charge in [-0.1, -0.05) is 28.1 Å². The fourth-order valence-corrected chi connectivity index (χ4v) is 2.49. The Bertz CT molecular complexity index is 720. The van der Waals surface area contributed by atoms with Gasteiger partial charge >= 0.3 is 5.97 Å². The van der Waals surface area contributed by atoms with Gasteiger partial charge in [0.1, 0.15) is 11.5 Å². The molecule has 5 heteroatoms. The van der Waals surface area contributed by atoms with E-state index in [1.165, 1.54) is 0 Å².